The molecule has 164 valence electrons. The van der Waals surface area contributed by atoms with Crippen LogP contribution < -0.4 is 5.73 Å². The van der Waals surface area contributed by atoms with Crippen LogP contribution in [0.5, 0.6) is 0 Å². The number of nitrogens with one attached hydrogen (secondary N) is 2. The quantitative estimate of drug-likeness (QED) is 0.382. The van der Waals surface area contributed by atoms with Crippen molar-refractivity contribution in [2.75, 3.05) is 46.8 Å². The van der Waals surface area contributed by atoms with Crippen molar-refractivity contribution in [1.29, 1.82) is 0 Å². The third kappa shape index (κ3) is 4.71. The van der Waals surface area contributed by atoms with E-state index in [9.17, 15) is 0 Å². The topological polar surface area (TPSA) is 105 Å². The molecule has 0 fully saturated rings. The van der Waals surface area contributed by atoms with E-state index >= 15 is 0 Å². The summed E-state index contributed by atoms with van der Waals surface area (Å²) in [7, 11) is 5.59. The molecule has 0 amide bonds. The molecule has 8 nitrogen and oxygen atoms in total. The van der Waals surface area contributed by atoms with E-state index in [2.05, 4.69) is 56.1 Å². The van der Waals surface area contributed by atoms with Gasteiger partial charge < -0.3 is 30.1 Å². The van der Waals surface area contributed by atoms with Crippen molar-refractivity contribution in [3.05, 3.63) is 41.7 Å². The molecular weight excluding hydrogens is 392 g/mol. The Kier molecular flexibility index (Phi) is 6.22. The predicted octanol–water partition coefficient (Wildman–Crippen LogP) is 3.34. The SMILES string of the molecule is COCC(COC)CN(C)Cc1ccc2[nH]c(-c3cc(N)nc4[nH]c(C)nc34)cc2c1. The summed E-state index contributed by atoms with van der Waals surface area (Å²) in [5, 5.41) is 1.15. The van der Waals surface area contributed by atoms with Crippen LogP contribution in [0.25, 0.3) is 33.3 Å². The summed E-state index contributed by atoms with van der Waals surface area (Å²) in [6.07, 6.45) is 0. The number of benzene rings is 1. The van der Waals surface area contributed by atoms with Crippen LogP contribution in [0.15, 0.2) is 30.3 Å². The third-order valence-electron chi connectivity index (χ3n) is 5.39. The molecular formula is C23H30N6O2. The summed E-state index contributed by atoms with van der Waals surface area (Å²) in [6, 6.07) is 10.5. The molecule has 4 N–H and O–H groups in total. The smallest absolute Gasteiger partial charge is 0.160 e. The van der Waals surface area contributed by atoms with Gasteiger partial charge in [0.05, 0.1) is 13.2 Å². The number of aromatic nitrogens is 4. The number of hydrogen-bond acceptors (Lipinski definition) is 6. The van der Waals surface area contributed by atoms with Crippen molar-refractivity contribution in [3.8, 4) is 11.3 Å². The molecule has 4 rings (SSSR count). The van der Waals surface area contributed by atoms with Crippen LogP contribution in [0.1, 0.15) is 11.4 Å². The zero-order valence-electron chi connectivity index (χ0n) is 18.5. The summed E-state index contributed by atoms with van der Waals surface area (Å²) in [5.74, 6) is 1.63. The van der Waals surface area contributed by atoms with Crippen molar-refractivity contribution < 1.29 is 9.47 Å². The molecule has 0 bridgehead atoms. The van der Waals surface area contributed by atoms with Crippen LogP contribution in [-0.2, 0) is 16.0 Å². The van der Waals surface area contributed by atoms with Gasteiger partial charge in [-0.15, -0.1) is 0 Å². The van der Waals surface area contributed by atoms with E-state index in [-0.39, 0.29) is 0 Å². The zero-order valence-corrected chi connectivity index (χ0v) is 18.5. The number of nitrogens with two attached hydrogens (primary N) is 1. The second-order valence-corrected chi connectivity index (χ2v) is 8.19. The highest BCUT2D eigenvalue weighted by Crippen LogP contribution is 2.30. The van der Waals surface area contributed by atoms with Gasteiger partial charge in [0, 0.05) is 55.4 Å². The molecule has 4 aromatic rings. The molecule has 0 unspecified atom stereocenters. The number of aromatic amines is 2. The molecule has 1 aromatic carbocycles. The van der Waals surface area contributed by atoms with Crippen LogP contribution in [0.3, 0.4) is 0 Å². The fraction of sp³-hybridized carbons (Fsp3) is 0.391. The van der Waals surface area contributed by atoms with Gasteiger partial charge in [0.1, 0.15) is 17.2 Å². The molecule has 0 spiro atoms. The Morgan fingerprint density at radius 1 is 1.06 bits per heavy atom. The van der Waals surface area contributed by atoms with Crippen molar-refractivity contribution in [2.24, 2.45) is 5.92 Å². The number of imidazole rings is 1. The Morgan fingerprint density at radius 2 is 1.84 bits per heavy atom. The first-order chi connectivity index (χ1) is 15.0. The van der Waals surface area contributed by atoms with Crippen molar-refractivity contribution in [2.45, 2.75) is 13.5 Å². The number of nitrogens with zero attached hydrogens (tertiary/aromatic N) is 3. The van der Waals surface area contributed by atoms with E-state index in [0.717, 1.165) is 46.6 Å². The van der Waals surface area contributed by atoms with E-state index in [1.807, 2.05) is 13.0 Å². The minimum atomic E-state index is 0.347. The van der Waals surface area contributed by atoms with E-state index < -0.39 is 0 Å². The normalized spacial score (nSPS) is 12.1. The molecule has 0 aliphatic rings. The van der Waals surface area contributed by atoms with Crippen molar-refractivity contribution in [1.82, 2.24) is 24.8 Å². The van der Waals surface area contributed by atoms with Crippen LogP contribution in [0, 0.1) is 12.8 Å². The number of ether oxygens (including phenoxy) is 2. The van der Waals surface area contributed by atoms with Gasteiger partial charge in [-0.3, -0.25) is 0 Å². The second-order valence-electron chi connectivity index (χ2n) is 8.19. The minimum Gasteiger partial charge on any atom is -0.384 e. The molecule has 0 aliphatic heterocycles. The molecule has 3 aromatic heterocycles. The van der Waals surface area contributed by atoms with Gasteiger partial charge >= 0.3 is 0 Å². The number of pyridine rings is 1. The predicted molar refractivity (Wildman–Crippen MR) is 124 cm³/mol. The highest BCUT2D eigenvalue weighted by atomic mass is 16.5. The Bertz CT molecular complexity index is 1180. The number of H-pyrrole nitrogens is 2. The second kappa shape index (κ2) is 9.05. The summed E-state index contributed by atoms with van der Waals surface area (Å²) in [6.45, 7) is 5.05. The van der Waals surface area contributed by atoms with Crippen molar-refractivity contribution >= 4 is 27.9 Å². The molecule has 8 heteroatoms. The lowest BCUT2D eigenvalue weighted by Crippen LogP contribution is -2.30. The van der Waals surface area contributed by atoms with Gasteiger partial charge in [-0.2, -0.15) is 0 Å². The maximum absolute atomic E-state index is 6.03. The number of rotatable bonds is 9. The molecule has 3 heterocycles. The van der Waals surface area contributed by atoms with E-state index in [1.54, 1.807) is 14.2 Å². The van der Waals surface area contributed by atoms with Gasteiger partial charge in [-0.1, -0.05) is 6.07 Å². The van der Waals surface area contributed by atoms with Crippen molar-refractivity contribution in [3.63, 3.8) is 0 Å². The molecule has 0 saturated heterocycles. The zero-order chi connectivity index (χ0) is 22.0. The van der Waals surface area contributed by atoms with Crippen LogP contribution in [0.2, 0.25) is 0 Å². The monoisotopic (exact) mass is 422 g/mol. The number of anilines is 1. The summed E-state index contributed by atoms with van der Waals surface area (Å²) in [4.78, 5) is 17.9. The number of hydrogen-bond donors (Lipinski definition) is 3. The minimum absolute atomic E-state index is 0.347. The first-order valence-electron chi connectivity index (χ1n) is 10.4. The lowest BCUT2D eigenvalue weighted by atomic mass is 10.1. The maximum Gasteiger partial charge on any atom is 0.160 e. The lowest BCUT2D eigenvalue weighted by Gasteiger charge is -2.23. The molecule has 0 aliphatic carbocycles. The fourth-order valence-electron chi connectivity index (χ4n) is 4.20. The van der Waals surface area contributed by atoms with Crippen LogP contribution in [-0.4, -0.2) is 65.9 Å². The average Bonchev–Trinajstić information content (AvgIpc) is 3.29. The molecule has 0 radical (unpaired) electrons. The Morgan fingerprint density at radius 3 is 2.58 bits per heavy atom. The summed E-state index contributed by atoms with van der Waals surface area (Å²) >= 11 is 0. The van der Waals surface area contributed by atoms with Gasteiger partial charge in [0.15, 0.2) is 5.65 Å². The van der Waals surface area contributed by atoms with Crippen LogP contribution in [0.4, 0.5) is 5.82 Å². The van der Waals surface area contributed by atoms with Gasteiger partial charge in [0.2, 0.25) is 0 Å². The lowest BCUT2D eigenvalue weighted by molar-refractivity contribution is 0.0656. The largest absolute Gasteiger partial charge is 0.384 e. The first kappa shape index (κ1) is 21.3. The Hall–Kier alpha value is -2.94. The number of nitrogen functional groups attached to an aromatic ring is 1. The van der Waals surface area contributed by atoms with Gasteiger partial charge in [0.25, 0.3) is 0 Å². The fourth-order valence-corrected chi connectivity index (χ4v) is 4.20. The summed E-state index contributed by atoms with van der Waals surface area (Å²) < 4.78 is 10.6. The van der Waals surface area contributed by atoms with E-state index in [1.165, 1.54) is 5.56 Å². The average molecular weight is 423 g/mol. The summed E-state index contributed by atoms with van der Waals surface area (Å²) in [5.41, 5.74) is 11.8. The standard InChI is InChI=1S/C23H30N6O2/c1-14-25-22-18(9-21(24)28-23(22)26-14)20-8-17-7-15(5-6-19(17)27-20)10-29(2)11-16(12-30-3)13-31-4/h5-9,16,27H,10-13H2,1-4H3,(H3,24,25,26,28). The first-order valence-corrected chi connectivity index (χ1v) is 10.4. The van der Waals surface area contributed by atoms with E-state index in [4.69, 9.17) is 15.2 Å². The molecule has 0 saturated carbocycles. The highest BCUT2D eigenvalue weighted by molar-refractivity contribution is 5.95. The number of methoxy groups -OCH3 is 2. The molecule has 31 heavy (non-hydrogen) atoms. The van der Waals surface area contributed by atoms with Gasteiger partial charge in [-0.05, 0) is 43.8 Å². The number of fused-ring (bicyclic) bond motifs is 2. The highest BCUT2D eigenvalue weighted by Gasteiger charge is 2.15. The number of aryl methyl sites for hydroxylation is 1. The molecule has 0 atom stereocenters. The Balaban J connectivity index is 1.58. The van der Waals surface area contributed by atoms with E-state index in [0.29, 0.717) is 30.6 Å². The Labute approximate surface area is 181 Å². The maximum atomic E-state index is 6.03. The third-order valence-corrected chi connectivity index (χ3v) is 5.39. The van der Waals surface area contributed by atoms with Gasteiger partial charge in [-0.25, -0.2) is 9.97 Å². The van der Waals surface area contributed by atoms with Crippen LogP contribution >= 0.6 is 0 Å².